The molecule has 18 heteroatoms. The van der Waals surface area contributed by atoms with Gasteiger partial charge in [-0.3, -0.25) is 14.4 Å². The number of benzene rings is 3. The highest BCUT2D eigenvalue weighted by Gasteiger charge is 2.45. The number of methoxy groups -OCH3 is 1. The maximum absolute atomic E-state index is 12.9. The number of anilines is 3. The summed E-state index contributed by atoms with van der Waals surface area (Å²) in [7, 11) is 1.49. The van der Waals surface area contributed by atoms with Crippen molar-refractivity contribution < 1.29 is 46.9 Å². The van der Waals surface area contributed by atoms with Gasteiger partial charge in [-0.2, -0.15) is 28.1 Å². The van der Waals surface area contributed by atoms with Crippen LogP contribution >= 0.6 is 11.6 Å². The van der Waals surface area contributed by atoms with Crippen LogP contribution in [0.4, 0.5) is 30.8 Å². The molecule has 278 valence electrons. The van der Waals surface area contributed by atoms with Crippen LogP contribution in [0.3, 0.4) is 0 Å². The number of halogens is 4. The van der Waals surface area contributed by atoms with Crippen LogP contribution in [0.2, 0.25) is 5.02 Å². The Morgan fingerprint density at radius 1 is 0.962 bits per heavy atom. The fourth-order valence-corrected chi connectivity index (χ4v) is 5.18. The minimum Gasteiger partial charge on any atom is -0.497 e. The Morgan fingerprint density at radius 3 is 2.30 bits per heavy atom. The van der Waals surface area contributed by atoms with Gasteiger partial charge in [0.15, 0.2) is 6.61 Å². The summed E-state index contributed by atoms with van der Waals surface area (Å²) in [5, 5.41) is 21.0. The van der Waals surface area contributed by atoms with E-state index in [0.717, 1.165) is 5.56 Å². The molecule has 0 radical (unpaired) electrons. The van der Waals surface area contributed by atoms with Crippen molar-refractivity contribution in [2.75, 3.05) is 24.4 Å². The molecule has 1 atom stereocenters. The predicted octanol–water partition coefficient (Wildman–Crippen LogP) is 5.17. The number of rotatable bonds is 17. The summed E-state index contributed by atoms with van der Waals surface area (Å²) in [5.41, 5.74) is 1.37. The van der Waals surface area contributed by atoms with Gasteiger partial charge in [0.05, 0.1) is 12.6 Å². The summed E-state index contributed by atoms with van der Waals surface area (Å²) in [6.45, 7) is -1.58. The fraction of sp³-hybridized carbons (Fsp3) is 0.286. The van der Waals surface area contributed by atoms with E-state index in [1.807, 2.05) is 12.1 Å². The molecule has 5 rings (SSSR count). The summed E-state index contributed by atoms with van der Waals surface area (Å²) in [6, 6.07) is 17.5. The predicted molar refractivity (Wildman–Crippen MR) is 185 cm³/mol. The number of nitrogens with zero attached hydrogens (tertiary/aromatic N) is 3. The summed E-state index contributed by atoms with van der Waals surface area (Å²) in [6.07, 6.45) is -4.04. The first-order valence-electron chi connectivity index (χ1n) is 16.1. The number of alkyl halides is 3. The van der Waals surface area contributed by atoms with E-state index >= 15 is 0 Å². The quantitative estimate of drug-likeness (QED) is 0.0890. The molecule has 4 aromatic rings. The molecule has 0 aliphatic heterocycles. The molecule has 1 aromatic heterocycles. The molecule has 5 N–H and O–H groups in total. The minimum absolute atomic E-state index is 0.0457. The molecule has 0 spiro atoms. The number of ether oxygens (including phenoxy) is 2. The molecular weight excluding hydrogens is 723 g/mol. The van der Waals surface area contributed by atoms with Crippen molar-refractivity contribution in [3.05, 3.63) is 94.5 Å². The van der Waals surface area contributed by atoms with Crippen molar-refractivity contribution in [1.82, 2.24) is 25.6 Å². The first kappa shape index (κ1) is 38.3. The second-order valence-electron chi connectivity index (χ2n) is 11.9. The van der Waals surface area contributed by atoms with Gasteiger partial charge in [-0.1, -0.05) is 35.9 Å². The number of carbonyl (C=O) groups is 4. The molecule has 3 aromatic carbocycles. The van der Waals surface area contributed by atoms with Gasteiger partial charge in [0.1, 0.15) is 11.8 Å². The molecule has 1 aliphatic carbocycles. The maximum atomic E-state index is 12.9. The van der Waals surface area contributed by atoms with Crippen LogP contribution in [0, 0.1) is 0 Å². The van der Waals surface area contributed by atoms with Gasteiger partial charge in [0.25, 0.3) is 11.8 Å². The van der Waals surface area contributed by atoms with Gasteiger partial charge < -0.3 is 35.8 Å². The van der Waals surface area contributed by atoms with Crippen LogP contribution in [0.5, 0.6) is 11.8 Å². The Balaban J connectivity index is 1.19. The highest BCUT2D eigenvalue weighted by molar-refractivity contribution is 6.36. The second kappa shape index (κ2) is 16.6. The molecule has 14 nitrogen and oxygen atoms in total. The van der Waals surface area contributed by atoms with Crippen molar-refractivity contribution in [2.45, 2.75) is 50.0 Å². The van der Waals surface area contributed by atoms with E-state index < -0.39 is 60.4 Å². The topological polar surface area (TPSA) is 194 Å². The average Bonchev–Trinajstić information content (AvgIpc) is 3.91. The van der Waals surface area contributed by atoms with Crippen molar-refractivity contribution in [3.8, 4) is 11.8 Å². The number of aromatic nitrogens is 3. The van der Waals surface area contributed by atoms with Gasteiger partial charge in [-0.25, -0.2) is 4.79 Å². The maximum Gasteiger partial charge on any atom is 0.422 e. The number of hydrogen-bond acceptors (Lipinski definition) is 11. The van der Waals surface area contributed by atoms with Crippen molar-refractivity contribution >= 4 is 52.8 Å². The van der Waals surface area contributed by atoms with Crippen LogP contribution in [0.25, 0.3) is 0 Å². The molecule has 0 unspecified atom stereocenters. The highest BCUT2D eigenvalue weighted by Crippen LogP contribution is 2.48. The van der Waals surface area contributed by atoms with Crippen molar-refractivity contribution in [1.29, 1.82) is 0 Å². The van der Waals surface area contributed by atoms with Crippen LogP contribution in [0.15, 0.2) is 72.8 Å². The second-order valence-corrected chi connectivity index (χ2v) is 12.4. The number of amides is 2. The molecule has 1 saturated carbocycles. The Hall–Kier alpha value is -5.97. The number of ketones is 1. The van der Waals surface area contributed by atoms with Gasteiger partial charge in [-0.15, -0.1) is 0 Å². The SMILES string of the molecule is COc1cccc(CNC(=O)C(=O)CC[C@H](NC(=O)c2ccc(Nc3nc(NC4(c5ccc(Cl)cc5)CC4)nc(OCC(F)(F)F)n3)cc2)C(=O)O)c1. The number of hydrogen-bond donors (Lipinski definition) is 5. The van der Waals surface area contributed by atoms with E-state index in [1.54, 1.807) is 36.4 Å². The third-order valence-corrected chi connectivity index (χ3v) is 8.24. The zero-order valence-corrected chi connectivity index (χ0v) is 28.8. The van der Waals surface area contributed by atoms with Crippen molar-refractivity contribution in [3.63, 3.8) is 0 Å². The Kier molecular flexibility index (Phi) is 12.0. The number of nitrogens with one attached hydrogen (secondary N) is 4. The number of Topliss-reactive ketones (excluding diaryl/α,β-unsaturated/α-hetero) is 1. The molecular formula is C35H33ClF3N7O7. The smallest absolute Gasteiger partial charge is 0.422 e. The molecule has 0 bridgehead atoms. The van der Waals surface area contributed by atoms with Gasteiger partial charge in [0, 0.05) is 29.2 Å². The molecule has 0 saturated heterocycles. The lowest BCUT2D eigenvalue weighted by atomic mass is 10.1. The summed E-state index contributed by atoms with van der Waals surface area (Å²) < 4.78 is 48.7. The van der Waals surface area contributed by atoms with Crippen LogP contribution in [-0.4, -0.2) is 69.6 Å². The molecule has 2 amide bonds. The monoisotopic (exact) mass is 755 g/mol. The van der Waals surface area contributed by atoms with E-state index in [1.165, 1.54) is 31.4 Å². The highest BCUT2D eigenvalue weighted by atomic mass is 35.5. The Labute approximate surface area is 305 Å². The molecule has 1 aliphatic rings. The molecule has 53 heavy (non-hydrogen) atoms. The van der Waals surface area contributed by atoms with Crippen LogP contribution in [0.1, 0.15) is 47.2 Å². The van der Waals surface area contributed by atoms with Crippen molar-refractivity contribution in [2.24, 2.45) is 0 Å². The summed E-state index contributed by atoms with van der Waals surface area (Å²) in [5.74, 6) is -3.57. The molecule has 1 heterocycles. The lowest BCUT2D eigenvalue weighted by Gasteiger charge is -2.19. The summed E-state index contributed by atoms with van der Waals surface area (Å²) in [4.78, 5) is 61.7. The summed E-state index contributed by atoms with van der Waals surface area (Å²) >= 11 is 6.02. The Bertz CT molecular complexity index is 1960. The lowest BCUT2D eigenvalue weighted by molar-refractivity contribution is -0.154. The van der Waals surface area contributed by atoms with Crippen LogP contribution < -0.4 is 30.7 Å². The average molecular weight is 756 g/mol. The third-order valence-electron chi connectivity index (χ3n) is 7.98. The zero-order chi connectivity index (χ0) is 38.2. The van der Waals surface area contributed by atoms with Gasteiger partial charge in [0.2, 0.25) is 17.7 Å². The van der Waals surface area contributed by atoms with E-state index in [2.05, 4.69) is 36.2 Å². The largest absolute Gasteiger partial charge is 0.497 e. The van der Waals surface area contributed by atoms with E-state index in [4.69, 9.17) is 21.1 Å². The standard InChI is InChI=1S/C35H33ClF3N7O7/c1-52-25-4-2-3-20(17-25)18-40-29(49)27(47)14-13-26(30(50)51)42-28(48)21-5-11-24(12-6-21)41-31-43-32(45-33(44-31)53-19-35(37,38)39)46-34(15-16-34)22-7-9-23(36)10-8-22/h2-12,17,26H,13-16,18-19H2,1H3,(H,40,49)(H,42,48)(H,50,51)(H2,41,43,44,45,46)/t26-/m0/s1. The number of carbonyl (C=O) groups excluding carboxylic acids is 3. The van der Waals surface area contributed by atoms with E-state index in [9.17, 15) is 37.5 Å². The first-order valence-corrected chi connectivity index (χ1v) is 16.4. The van der Waals surface area contributed by atoms with E-state index in [-0.39, 0.29) is 30.4 Å². The normalized spacial score (nSPS) is 13.6. The number of aliphatic carboxylic acids is 1. The minimum atomic E-state index is -4.65. The third kappa shape index (κ3) is 11.0. The zero-order valence-electron chi connectivity index (χ0n) is 28.0. The van der Waals surface area contributed by atoms with Gasteiger partial charge in [-0.05, 0) is 78.9 Å². The van der Waals surface area contributed by atoms with E-state index in [0.29, 0.717) is 34.9 Å². The number of carboxylic acids is 1. The lowest BCUT2D eigenvalue weighted by Crippen LogP contribution is -2.41. The van der Waals surface area contributed by atoms with Crippen LogP contribution in [-0.2, 0) is 26.5 Å². The first-order chi connectivity index (χ1) is 25.2. The Morgan fingerprint density at radius 2 is 1.66 bits per heavy atom. The fourth-order valence-electron chi connectivity index (χ4n) is 5.06. The van der Waals surface area contributed by atoms with Gasteiger partial charge >= 0.3 is 18.2 Å². The number of carboxylic acid groups (broad SMARTS) is 1. The molecule has 1 fully saturated rings.